The van der Waals surface area contributed by atoms with Crippen LogP contribution in [0.3, 0.4) is 0 Å². The lowest BCUT2D eigenvalue weighted by Gasteiger charge is -2.44. The second-order valence-corrected chi connectivity index (χ2v) is 7.94. The van der Waals surface area contributed by atoms with Gasteiger partial charge in [0.2, 0.25) is 5.90 Å². The highest BCUT2D eigenvalue weighted by atomic mass is 16.6. The molecule has 1 saturated heterocycles. The molecule has 3 aliphatic rings. The van der Waals surface area contributed by atoms with Crippen molar-refractivity contribution in [2.45, 2.75) is 32.2 Å². The van der Waals surface area contributed by atoms with Crippen LogP contribution in [-0.2, 0) is 9.53 Å². The maximum Gasteiger partial charge on any atom is 0.365 e. The second kappa shape index (κ2) is 7.91. The Bertz CT molecular complexity index is 1110. The van der Waals surface area contributed by atoms with Crippen molar-refractivity contribution in [2.75, 3.05) is 13.1 Å². The minimum atomic E-state index is -0.460. The monoisotopic (exact) mass is 417 g/mol. The van der Waals surface area contributed by atoms with Crippen molar-refractivity contribution in [1.82, 2.24) is 9.80 Å². The number of furan rings is 1. The van der Waals surface area contributed by atoms with Crippen LogP contribution < -0.4 is 0 Å². The van der Waals surface area contributed by atoms with Crippen LogP contribution in [-0.4, -0.2) is 46.7 Å². The summed E-state index contributed by atoms with van der Waals surface area (Å²) in [7, 11) is 0. The highest BCUT2D eigenvalue weighted by Crippen LogP contribution is 2.32. The van der Waals surface area contributed by atoms with Crippen molar-refractivity contribution in [3.8, 4) is 0 Å². The van der Waals surface area contributed by atoms with Gasteiger partial charge in [-0.2, -0.15) is 0 Å². The third-order valence-electron chi connectivity index (χ3n) is 5.82. The van der Waals surface area contributed by atoms with Gasteiger partial charge in [0, 0.05) is 30.5 Å². The Morgan fingerprint density at radius 1 is 1.23 bits per heavy atom. The Kier molecular flexibility index (Phi) is 4.94. The number of hydrogen-bond donors (Lipinski definition) is 0. The number of carbonyl (C=O) groups is 2. The van der Waals surface area contributed by atoms with E-state index in [4.69, 9.17) is 9.15 Å². The fourth-order valence-electron chi connectivity index (χ4n) is 4.34. The van der Waals surface area contributed by atoms with Crippen LogP contribution in [0.5, 0.6) is 0 Å². The summed E-state index contributed by atoms with van der Waals surface area (Å²) in [4.78, 5) is 33.8. The molecule has 1 amide bonds. The molecule has 1 atom stereocenters. The molecule has 7 nitrogen and oxygen atoms in total. The van der Waals surface area contributed by atoms with E-state index >= 15 is 0 Å². The summed E-state index contributed by atoms with van der Waals surface area (Å²) in [6.45, 7) is 3.09. The first kappa shape index (κ1) is 19.4. The molecule has 0 saturated carbocycles. The number of piperazine rings is 1. The molecule has 31 heavy (non-hydrogen) atoms. The molecule has 1 aliphatic carbocycles. The van der Waals surface area contributed by atoms with Crippen LogP contribution in [0.25, 0.3) is 0 Å². The second-order valence-electron chi connectivity index (χ2n) is 7.94. The molecule has 2 aromatic rings. The molecule has 0 N–H and O–H groups in total. The summed E-state index contributed by atoms with van der Waals surface area (Å²) >= 11 is 0. The Morgan fingerprint density at radius 2 is 2.13 bits per heavy atom. The van der Waals surface area contributed by atoms with E-state index in [1.165, 1.54) is 6.26 Å². The lowest BCUT2D eigenvalue weighted by molar-refractivity contribution is -0.130. The van der Waals surface area contributed by atoms with Crippen LogP contribution in [0.15, 0.2) is 75.7 Å². The van der Waals surface area contributed by atoms with Crippen molar-refractivity contribution < 1.29 is 18.7 Å². The SMILES string of the molecule is Cc1cccc(C2=NC(=CN3CCN(C(=O)c4ccco4)C4CCCC=C43)C(=O)O2)c1. The first-order valence-electron chi connectivity index (χ1n) is 10.5. The van der Waals surface area contributed by atoms with Crippen molar-refractivity contribution in [1.29, 1.82) is 0 Å². The molecular formula is C24H23N3O4. The number of amides is 1. The molecule has 1 unspecified atom stereocenters. The van der Waals surface area contributed by atoms with Gasteiger partial charge in [0.15, 0.2) is 11.5 Å². The van der Waals surface area contributed by atoms with E-state index in [1.54, 1.807) is 18.3 Å². The van der Waals surface area contributed by atoms with Crippen molar-refractivity contribution in [3.63, 3.8) is 0 Å². The smallest absolute Gasteiger partial charge is 0.365 e. The average molecular weight is 417 g/mol. The highest BCUT2D eigenvalue weighted by molar-refractivity contribution is 6.11. The van der Waals surface area contributed by atoms with Gasteiger partial charge in [0.25, 0.3) is 5.91 Å². The number of aryl methyl sites for hydroxylation is 1. The summed E-state index contributed by atoms with van der Waals surface area (Å²) in [5.74, 6) is 0.109. The fraction of sp³-hybridized carbons (Fsp3) is 0.292. The molecule has 1 fully saturated rings. The molecule has 1 aromatic heterocycles. The largest absolute Gasteiger partial charge is 0.459 e. The quantitative estimate of drug-likeness (QED) is 0.563. The molecule has 5 rings (SSSR count). The lowest BCUT2D eigenvalue weighted by atomic mass is 9.94. The van der Waals surface area contributed by atoms with E-state index < -0.39 is 5.97 Å². The molecule has 0 bridgehead atoms. The van der Waals surface area contributed by atoms with E-state index in [0.717, 1.165) is 36.1 Å². The zero-order chi connectivity index (χ0) is 21.4. The van der Waals surface area contributed by atoms with E-state index in [2.05, 4.69) is 11.1 Å². The van der Waals surface area contributed by atoms with E-state index in [0.29, 0.717) is 24.7 Å². The van der Waals surface area contributed by atoms with Gasteiger partial charge in [-0.3, -0.25) is 4.79 Å². The van der Waals surface area contributed by atoms with Crippen LogP contribution in [0.1, 0.15) is 40.9 Å². The van der Waals surface area contributed by atoms with Gasteiger partial charge in [0.05, 0.1) is 12.3 Å². The minimum absolute atomic E-state index is 0.0467. The van der Waals surface area contributed by atoms with Gasteiger partial charge in [-0.25, -0.2) is 9.79 Å². The highest BCUT2D eigenvalue weighted by Gasteiger charge is 2.37. The number of rotatable bonds is 3. The summed E-state index contributed by atoms with van der Waals surface area (Å²) < 4.78 is 10.7. The number of carbonyl (C=O) groups excluding carboxylic acids is 2. The summed E-state index contributed by atoms with van der Waals surface area (Å²) in [6.07, 6.45) is 8.25. The predicted octanol–water partition coefficient (Wildman–Crippen LogP) is 3.63. The maximum absolute atomic E-state index is 12.9. The molecule has 0 spiro atoms. The lowest BCUT2D eigenvalue weighted by Crippen LogP contribution is -2.53. The van der Waals surface area contributed by atoms with Crippen LogP contribution >= 0.6 is 0 Å². The summed E-state index contributed by atoms with van der Waals surface area (Å²) in [6, 6.07) is 11.1. The Hall–Kier alpha value is -3.61. The number of aliphatic imine (C=N–C) groups is 1. The van der Waals surface area contributed by atoms with Crippen molar-refractivity contribution in [3.05, 3.63) is 83.2 Å². The van der Waals surface area contributed by atoms with Crippen LogP contribution in [0.2, 0.25) is 0 Å². The average Bonchev–Trinajstić information content (AvgIpc) is 3.44. The number of esters is 1. The Balaban J connectivity index is 1.41. The molecule has 1 aromatic carbocycles. The van der Waals surface area contributed by atoms with Gasteiger partial charge >= 0.3 is 5.97 Å². The van der Waals surface area contributed by atoms with Crippen molar-refractivity contribution in [2.24, 2.45) is 4.99 Å². The zero-order valence-corrected chi connectivity index (χ0v) is 17.3. The summed E-state index contributed by atoms with van der Waals surface area (Å²) in [5, 5.41) is 0. The Morgan fingerprint density at radius 3 is 2.94 bits per heavy atom. The molecule has 7 heteroatoms. The fourth-order valence-corrected chi connectivity index (χ4v) is 4.34. The van der Waals surface area contributed by atoms with E-state index in [9.17, 15) is 9.59 Å². The zero-order valence-electron chi connectivity index (χ0n) is 17.3. The normalized spacial score (nSPS) is 22.2. The number of ether oxygens (including phenoxy) is 1. The van der Waals surface area contributed by atoms with Crippen LogP contribution in [0.4, 0.5) is 0 Å². The first-order chi connectivity index (χ1) is 15.1. The van der Waals surface area contributed by atoms with Gasteiger partial charge in [0.1, 0.15) is 0 Å². The van der Waals surface area contributed by atoms with Gasteiger partial charge in [-0.15, -0.1) is 0 Å². The Labute approximate surface area is 180 Å². The third-order valence-corrected chi connectivity index (χ3v) is 5.82. The van der Waals surface area contributed by atoms with Gasteiger partial charge in [-0.1, -0.05) is 23.8 Å². The number of allylic oxidation sites excluding steroid dienone is 1. The standard InChI is InChI=1S/C24H23N3O4/c1-16-6-4-7-17(14-16)22-25-18(24(29)31-22)15-26-11-12-27(20-9-3-2-8-19(20)26)23(28)21-10-5-13-30-21/h4-8,10,13-15,20H,2-3,9,11-12H2,1H3. The predicted molar refractivity (Wildman–Crippen MR) is 114 cm³/mol. The van der Waals surface area contributed by atoms with Crippen LogP contribution in [0, 0.1) is 6.92 Å². The number of benzene rings is 1. The van der Waals surface area contributed by atoms with Crippen molar-refractivity contribution >= 4 is 17.8 Å². The molecule has 2 aliphatic heterocycles. The molecular weight excluding hydrogens is 394 g/mol. The number of hydrogen-bond acceptors (Lipinski definition) is 6. The minimum Gasteiger partial charge on any atom is -0.459 e. The molecule has 3 heterocycles. The number of nitrogens with zero attached hydrogens (tertiary/aromatic N) is 3. The van der Waals surface area contributed by atoms with Gasteiger partial charge in [-0.05, 0) is 50.5 Å². The van der Waals surface area contributed by atoms with Gasteiger partial charge < -0.3 is 19.0 Å². The number of cyclic esters (lactones) is 1. The molecule has 158 valence electrons. The first-order valence-corrected chi connectivity index (χ1v) is 10.5. The number of fused-ring (bicyclic) bond motifs is 1. The van der Waals surface area contributed by atoms with E-state index in [1.807, 2.05) is 41.0 Å². The third kappa shape index (κ3) is 3.67. The molecule has 0 radical (unpaired) electrons. The topological polar surface area (TPSA) is 75.4 Å². The maximum atomic E-state index is 12.9. The summed E-state index contributed by atoms with van der Waals surface area (Å²) in [5.41, 5.74) is 3.14. The van der Waals surface area contributed by atoms with E-state index in [-0.39, 0.29) is 17.6 Å².